The predicted molar refractivity (Wildman–Crippen MR) is 102 cm³/mol. The lowest BCUT2D eigenvalue weighted by Gasteiger charge is -2.09. The summed E-state index contributed by atoms with van der Waals surface area (Å²) in [5, 5.41) is 3.10. The molecule has 0 unspecified atom stereocenters. The van der Waals surface area contributed by atoms with E-state index in [2.05, 4.69) is 5.32 Å². The van der Waals surface area contributed by atoms with Crippen molar-refractivity contribution in [3.63, 3.8) is 0 Å². The first-order chi connectivity index (χ1) is 12.2. The molecule has 140 valence electrons. The molecule has 0 aliphatic rings. The van der Waals surface area contributed by atoms with Gasteiger partial charge in [0.15, 0.2) is 9.84 Å². The van der Waals surface area contributed by atoms with Gasteiger partial charge in [-0.1, -0.05) is 13.0 Å². The molecule has 2 rings (SSSR count). The summed E-state index contributed by atoms with van der Waals surface area (Å²) in [4.78, 5) is 25.7. The average molecular weight is 396 g/mol. The van der Waals surface area contributed by atoms with Gasteiger partial charge < -0.3 is 10.1 Å². The molecule has 8 heteroatoms. The van der Waals surface area contributed by atoms with Gasteiger partial charge in [0.1, 0.15) is 5.00 Å². The Morgan fingerprint density at radius 1 is 1.19 bits per heavy atom. The standard InChI is InChI=1S/C18H21NO5S2/c1-5-13-10-14(18(21)24-6-2)17(25-13)19-16(20)12-8-7-11(3)15(9-12)26(4,22)23/h7-10H,5-6H2,1-4H3,(H,19,20). The topological polar surface area (TPSA) is 89.5 Å². The summed E-state index contributed by atoms with van der Waals surface area (Å²) in [6.45, 7) is 5.57. The highest BCUT2D eigenvalue weighted by molar-refractivity contribution is 7.90. The lowest BCUT2D eigenvalue weighted by molar-refractivity contribution is 0.0528. The monoisotopic (exact) mass is 395 g/mol. The van der Waals surface area contributed by atoms with Crippen LogP contribution in [0.2, 0.25) is 0 Å². The second-order valence-corrected chi connectivity index (χ2v) is 8.86. The van der Waals surface area contributed by atoms with E-state index in [1.807, 2.05) is 6.92 Å². The number of carbonyl (C=O) groups is 2. The van der Waals surface area contributed by atoms with E-state index in [1.165, 1.54) is 17.4 Å². The van der Waals surface area contributed by atoms with Crippen LogP contribution < -0.4 is 5.32 Å². The van der Waals surface area contributed by atoms with Gasteiger partial charge in [0.05, 0.1) is 17.1 Å². The predicted octanol–water partition coefficient (Wildman–Crippen LogP) is 3.45. The highest BCUT2D eigenvalue weighted by Gasteiger charge is 2.20. The normalized spacial score (nSPS) is 11.2. The molecule has 0 radical (unpaired) electrons. The molecule has 1 aromatic heterocycles. The van der Waals surface area contributed by atoms with Crippen LogP contribution in [0.3, 0.4) is 0 Å². The van der Waals surface area contributed by atoms with Gasteiger partial charge in [-0.2, -0.15) is 0 Å². The Bertz CT molecular complexity index is 944. The minimum absolute atomic E-state index is 0.108. The van der Waals surface area contributed by atoms with Crippen molar-refractivity contribution in [1.82, 2.24) is 0 Å². The molecule has 1 amide bonds. The van der Waals surface area contributed by atoms with Crippen molar-refractivity contribution in [2.24, 2.45) is 0 Å². The Morgan fingerprint density at radius 2 is 1.88 bits per heavy atom. The first-order valence-corrected chi connectivity index (χ1v) is 10.8. The molecule has 0 spiro atoms. The number of hydrogen-bond donors (Lipinski definition) is 1. The van der Waals surface area contributed by atoms with Crippen LogP contribution in [0, 0.1) is 6.92 Å². The van der Waals surface area contributed by atoms with Gasteiger partial charge in [-0.3, -0.25) is 4.79 Å². The van der Waals surface area contributed by atoms with Crippen LogP contribution >= 0.6 is 11.3 Å². The Morgan fingerprint density at radius 3 is 2.46 bits per heavy atom. The Kier molecular flexibility index (Phi) is 6.20. The first-order valence-electron chi connectivity index (χ1n) is 8.09. The molecule has 26 heavy (non-hydrogen) atoms. The number of rotatable bonds is 6. The van der Waals surface area contributed by atoms with Gasteiger partial charge in [-0.15, -0.1) is 11.3 Å². The molecule has 2 aromatic rings. The Balaban J connectivity index is 2.36. The van der Waals surface area contributed by atoms with Crippen LogP contribution in [0.4, 0.5) is 5.00 Å². The maximum absolute atomic E-state index is 12.6. The van der Waals surface area contributed by atoms with E-state index in [1.54, 1.807) is 32.0 Å². The molecule has 0 aliphatic carbocycles. The van der Waals surface area contributed by atoms with Gasteiger partial charge in [0.2, 0.25) is 0 Å². The molecular weight excluding hydrogens is 374 g/mol. The van der Waals surface area contributed by atoms with E-state index < -0.39 is 21.7 Å². The number of anilines is 1. The second-order valence-electron chi connectivity index (χ2n) is 5.74. The van der Waals surface area contributed by atoms with Crippen molar-refractivity contribution < 1.29 is 22.7 Å². The van der Waals surface area contributed by atoms with Crippen molar-refractivity contribution in [3.05, 3.63) is 45.8 Å². The largest absolute Gasteiger partial charge is 0.462 e. The van der Waals surface area contributed by atoms with E-state index in [0.717, 1.165) is 17.6 Å². The minimum atomic E-state index is -3.44. The summed E-state index contributed by atoms with van der Waals surface area (Å²) in [6.07, 6.45) is 1.82. The SMILES string of the molecule is CCOC(=O)c1cc(CC)sc1NC(=O)c1ccc(C)c(S(C)(=O)=O)c1. The molecule has 0 bridgehead atoms. The molecule has 1 aromatic carbocycles. The van der Waals surface area contributed by atoms with Crippen molar-refractivity contribution in [2.75, 3.05) is 18.2 Å². The van der Waals surface area contributed by atoms with Crippen LogP contribution in [0.25, 0.3) is 0 Å². The van der Waals surface area contributed by atoms with Crippen LogP contribution in [-0.4, -0.2) is 33.2 Å². The highest BCUT2D eigenvalue weighted by atomic mass is 32.2. The molecule has 1 heterocycles. The molecule has 0 aliphatic heterocycles. The van der Waals surface area contributed by atoms with E-state index in [0.29, 0.717) is 16.1 Å². The number of ether oxygens (including phenoxy) is 1. The number of hydrogen-bond acceptors (Lipinski definition) is 6. The number of amides is 1. The van der Waals surface area contributed by atoms with Gasteiger partial charge >= 0.3 is 5.97 Å². The molecule has 0 fully saturated rings. The van der Waals surface area contributed by atoms with Crippen LogP contribution in [0.1, 0.15) is 45.0 Å². The second kappa shape index (κ2) is 8.01. The lowest BCUT2D eigenvalue weighted by atomic mass is 10.1. The van der Waals surface area contributed by atoms with Crippen LogP contribution in [0.15, 0.2) is 29.2 Å². The van der Waals surface area contributed by atoms with Gasteiger partial charge in [-0.25, -0.2) is 13.2 Å². The summed E-state index contributed by atoms with van der Waals surface area (Å²) in [5.41, 5.74) is 1.08. The summed E-state index contributed by atoms with van der Waals surface area (Å²) >= 11 is 1.30. The van der Waals surface area contributed by atoms with Crippen LogP contribution in [0.5, 0.6) is 0 Å². The fourth-order valence-electron chi connectivity index (χ4n) is 2.39. The van der Waals surface area contributed by atoms with Gasteiger partial charge in [0.25, 0.3) is 5.91 Å². The molecule has 1 N–H and O–H groups in total. The number of esters is 1. The summed E-state index contributed by atoms with van der Waals surface area (Å²) in [7, 11) is -3.44. The smallest absolute Gasteiger partial charge is 0.341 e. The number of carbonyl (C=O) groups excluding carboxylic acids is 2. The first kappa shape index (κ1) is 20.1. The Labute approximate surface area is 157 Å². The van der Waals surface area contributed by atoms with Crippen molar-refractivity contribution in [2.45, 2.75) is 32.1 Å². The molecule has 6 nitrogen and oxygen atoms in total. The molecule has 0 atom stereocenters. The number of thiophene rings is 1. The number of aryl methyl sites for hydroxylation is 2. The third kappa shape index (κ3) is 4.50. The minimum Gasteiger partial charge on any atom is -0.462 e. The summed E-state index contributed by atoms with van der Waals surface area (Å²) in [5.74, 6) is -0.982. The zero-order valence-electron chi connectivity index (χ0n) is 15.1. The van der Waals surface area contributed by atoms with Crippen molar-refractivity contribution in [3.8, 4) is 0 Å². The van der Waals surface area contributed by atoms with Crippen molar-refractivity contribution in [1.29, 1.82) is 0 Å². The van der Waals surface area contributed by atoms with E-state index in [9.17, 15) is 18.0 Å². The quantitative estimate of drug-likeness (QED) is 0.757. The lowest BCUT2D eigenvalue weighted by Crippen LogP contribution is -2.15. The fourth-order valence-corrected chi connectivity index (χ4v) is 4.36. The fraction of sp³-hybridized carbons (Fsp3) is 0.333. The zero-order valence-corrected chi connectivity index (χ0v) is 16.7. The van der Waals surface area contributed by atoms with E-state index in [-0.39, 0.29) is 17.1 Å². The maximum atomic E-state index is 12.6. The number of benzene rings is 1. The van der Waals surface area contributed by atoms with Crippen LogP contribution in [-0.2, 0) is 21.0 Å². The summed E-state index contributed by atoms with van der Waals surface area (Å²) in [6, 6.07) is 6.19. The van der Waals surface area contributed by atoms with Gasteiger partial charge in [-0.05, 0) is 44.0 Å². The van der Waals surface area contributed by atoms with E-state index in [4.69, 9.17) is 4.74 Å². The van der Waals surface area contributed by atoms with Crippen molar-refractivity contribution >= 4 is 38.1 Å². The third-order valence-electron chi connectivity index (χ3n) is 3.70. The van der Waals surface area contributed by atoms with Gasteiger partial charge in [0, 0.05) is 16.7 Å². The molecular formula is C18H21NO5S2. The zero-order chi connectivity index (χ0) is 19.5. The van der Waals surface area contributed by atoms with E-state index >= 15 is 0 Å². The number of sulfone groups is 1. The third-order valence-corrected chi connectivity index (χ3v) is 6.14. The molecule has 0 saturated carbocycles. The maximum Gasteiger partial charge on any atom is 0.341 e. The highest BCUT2D eigenvalue weighted by Crippen LogP contribution is 2.30. The summed E-state index contributed by atoms with van der Waals surface area (Å²) < 4.78 is 28.7. The Hall–Kier alpha value is -2.19. The average Bonchev–Trinajstić information content (AvgIpc) is 2.97. The molecule has 0 saturated heterocycles. The number of nitrogens with one attached hydrogen (secondary N) is 1.